The average Bonchev–Trinajstić information content (AvgIpc) is 3.10. The predicted octanol–water partition coefficient (Wildman–Crippen LogP) is 2.27. The molecular formula is C13H11ClN2O2S. The van der Waals surface area contributed by atoms with Crippen molar-refractivity contribution in [3.8, 4) is 12.1 Å². The first-order chi connectivity index (χ1) is 8.93. The number of benzene rings is 1. The number of nitriles is 2. The van der Waals surface area contributed by atoms with Crippen LogP contribution < -0.4 is 0 Å². The van der Waals surface area contributed by atoms with Gasteiger partial charge < -0.3 is 0 Å². The van der Waals surface area contributed by atoms with Gasteiger partial charge in [0.2, 0.25) is 0 Å². The molecule has 0 bridgehead atoms. The van der Waals surface area contributed by atoms with E-state index in [9.17, 15) is 18.9 Å². The first kappa shape index (κ1) is 13.9. The minimum atomic E-state index is -3.44. The van der Waals surface area contributed by atoms with Gasteiger partial charge in [0.25, 0.3) is 0 Å². The summed E-state index contributed by atoms with van der Waals surface area (Å²) in [5.74, 6) is -0.669. The zero-order chi connectivity index (χ0) is 14.3. The van der Waals surface area contributed by atoms with Crippen molar-refractivity contribution in [1.29, 1.82) is 10.5 Å². The molecule has 0 N–H and O–H groups in total. The third kappa shape index (κ3) is 2.00. The summed E-state index contributed by atoms with van der Waals surface area (Å²) in [5, 5.41) is 18.0. The fraction of sp³-hybridized carbons (Fsp3) is 0.385. The lowest BCUT2D eigenvalue weighted by Gasteiger charge is -2.00. The summed E-state index contributed by atoms with van der Waals surface area (Å²) in [6.07, 6.45) is 0. The Hall–Kier alpha value is -1.56. The molecule has 1 aromatic carbocycles. The Balaban J connectivity index is 2.50. The number of sulfone groups is 1. The van der Waals surface area contributed by atoms with Crippen LogP contribution in [-0.2, 0) is 9.84 Å². The quantitative estimate of drug-likeness (QED) is 0.856. The molecule has 1 aliphatic carbocycles. The Morgan fingerprint density at radius 1 is 1.26 bits per heavy atom. The molecule has 4 nitrogen and oxygen atoms in total. The van der Waals surface area contributed by atoms with Crippen molar-refractivity contribution in [3.05, 3.63) is 34.9 Å². The maximum atomic E-state index is 12.0. The normalized spacial score (nSPS) is 24.2. The molecule has 6 heteroatoms. The molecule has 0 saturated heterocycles. The maximum Gasteiger partial charge on any atom is 0.169 e. The van der Waals surface area contributed by atoms with Crippen molar-refractivity contribution in [2.45, 2.75) is 18.1 Å². The summed E-state index contributed by atoms with van der Waals surface area (Å²) in [6.45, 7) is 1.52. The van der Waals surface area contributed by atoms with Gasteiger partial charge in [-0.15, -0.1) is 0 Å². The molecule has 0 amide bonds. The monoisotopic (exact) mass is 294 g/mol. The number of hydrogen-bond donors (Lipinski definition) is 0. The largest absolute Gasteiger partial charge is 0.228 e. The third-order valence-electron chi connectivity index (χ3n) is 3.52. The SMILES string of the molecule is CCS(=O)(=O)[C@H]1[C@H](c2ccc(Cl)cc2)C1(C#N)C#N. The molecule has 2 rings (SSSR count). The highest BCUT2D eigenvalue weighted by Crippen LogP contribution is 2.62. The van der Waals surface area contributed by atoms with Gasteiger partial charge in [-0.1, -0.05) is 30.7 Å². The van der Waals surface area contributed by atoms with E-state index in [2.05, 4.69) is 0 Å². The maximum absolute atomic E-state index is 12.0. The number of nitrogens with zero attached hydrogens (tertiary/aromatic N) is 2. The van der Waals surface area contributed by atoms with E-state index in [1.807, 2.05) is 12.1 Å². The summed E-state index contributed by atoms with van der Waals surface area (Å²) in [7, 11) is -3.44. The standard InChI is InChI=1S/C13H11ClN2O2S/c1-2-19(17,18)12-11(13(12,7-15)8-16)9-3-5-10(14)6-4-9/h3-6,11-12H,2H2,1H3/t11-,12-/m0/s1. The fourth-order valence-electron chi connectivity index (χ4n) is 2.43. The van der Waals surface area contributed by atoms with Gasteiger partial charge in [0, 0.05) is 16.7 Å². The molecule has 0 aliphatic heterocycles. The number of hydrogen-bond acceptors (Lipinski definition) is 4. The molecule has 1 fully saturated rings. The summed E-state index contributed by atoms with van der Waals surface area (Å²) < 4.78 is 24.0. The Kier molecular flexibility index (Phi) is 3.30. The number of halogens is 1. The molecule has 1 aliphatic rings. The Bertz CT molecular complexity index is 669. The smallest absolute Gasteiger partial charge is 0.169 e. The van der Waals surface area contributed by atoms with Crippen LogP contribution in [0.1, 0.15) is 18.4 Å². The lowest BCUT2D eigenvalue weighted by atomic mass is 10.0. The topological polar surface area (TPSA) is 81.7 Å². The second-order valence-electron chi connectivity index (χ2n) is 4.49. The molecule has 0 heterocycles. The van der Waals surface area contributed by atoms with Crippen LogP contribution in [0.4, 0.5) is 0 Å². The second kappa shape index (κ2) is 4.52. The predicted molar refractivity (Wildman–Crippen MR) is 71.1 cm³/mol. The summed E-state index contributed by atoms with van der Waals surface area (Å²) >= 11 is 5.78. The molecule has 1 aromatic rings. The van der Waals surface area contributed by atoms with E-state index < -0.39 is 26.4 Å². The first-order valence-electron chi connectivity index (χ1n) is 5.72. The van der Waals surface area contributed by atoms with Crippen LogP contribution in [0.5, 0.6) is 0 Å². The highest BCUT2D eigenvalue weighted by Gasteiger charge is 2.72. The van der Waals surface area contributed by atoms with E-state index in [4.69, 9.17) is 11.6 Å². The van der Waals surface area contributed by atoms with Crippen LogP contribution in [0.2, 0.25) is 5.02 Å². The molecule has 0 spiro atoms. The summed E-state index contributed by atoms with van der Waals surface area (Å²) in [4.78, 5) is 0. The molecule has 19 heavy (non-hydrogen) atoms. The van der Waals surface area contributed by atoms with Crippen molar-refractivity contribution in [2.24, 2.45) is 5.41 Å². The van der Waals surface area contributed by atoms with E-state index in [1.54, 1.807) is 24.3 Å². The minimum Gasteiger partial charge on any atom is -0.228 e. The van der Waals surface area contributed by atoms with Crippen LogP contribution >= 0.6 is 11.6 Å². The number of rotatable bonds is 3. The lowest BCUT2D eigenvalue weighted by molar-refractivity contribution is 0.592. The van der Waals surface area contributed by atoms with Gasteiger partial charge in [-0.3, -0.25) is 0 Å². The van der Waals surface area contributed by atoms with Gasteiger partial charge >= 0.3 is 0 Å². The molecule has 0 radical (unpaired) electrons. The Morgan fingerprint density at radius 2 is 1.79 bits per heavy atom. The van der Waals surface area contributed by atoms with Crippen molar-refractivity contribution in [3.63, 3.8) is 0 Å². The van der Waals surface area contributed by atoms with Crippen molar-refractivity contribution in [2.75, 3.05) is 5.75 Å². The highest BCUT2D eigenvalue weighted by atomic mass is 35.5. The van der Waals surface area contributed by atoms with E-state index in [0.717, 1.165) is 0 Å². The van der Waals surface area contributed by atoms with Gasteiger partial charge in [-0.2, -0.15) is 10.5 Å². The van der Waals surface area contributed by atoms with Crippen LogP contribution in [0.15, 0.2) is 24.3 Å². The molecular weight excluding hydrogens is 284 g/mol. The molecule has 98 valence electrons. The Labute approximate surface area is 117 Å². The van der Waals surface area contributed by atoms with Gasteiger partial charge in [-0.05, 0) is 17.7 Å². The third-order valence-corrected chi connectivity index (χ3v) is 6.00. The zero-order valence-electron chi connectivity index (χ0n) is 10.2. The van der Waals surface area contributed by atoms with Crippen LogP contribution in [0, 0.1) is 28.1 Å². The molecule has 1 saturated carbocycles. The first-order valence-corrected chi connectivity index (χ1v) is 7.82. The van der Waals surface area contributed by atoms with E-state index in [1.165, 1.54) is 6.92 Å². The van der Waals surface area contributed by atoms with Crippen LogP contribution in [0.25, 0.3) is 0 Å². The van der Waals surface area contributed by atoms with Crippen LogP contribution in [0.3, 0.4) is 0 Å². The molecule has 2 atom stereocenters. The lowest BCUT2D eigenvalue weighted by Crippen LogP contribution is -2.15. The summed E-state index contributed by atoms with van der Waals surface area (Å²) in [6, 6.07) is 10.4. The van der Waals surface area contributed by atoms with Crippen LogP contribution in [-0.4, -0.2) is 19.4 Å². The van der Waals surface area contributed by atoms with Gasteiger partial charge in [0.05, 0.1) is 12.1 Å². The average molecular weight is 295 g/mol. The van der Waals surface area contributed by atoms with E-state index >= 15 is 0 Å². The Morgan fingerprint density at radius 3 is 2.21 bits per heavy atom. The fourth-order valence-corrected chi connectivity index (χ4v) is 4.44. The second-order valence-corrected chi connectivity index (χ2v) is 7.34. The van der Waals surface area contributed by atoms with Crippen molar-refractivity contribution < 1.29 is 8.42 Å². The van der Waals surface area contributed by atoms with Crippen molar-refractivity contribution in [1.82, 2.24) is 0 Å². The van der Waals surface area contributed by atoms with Gasteiger partial charge in [0.1, 0.15) is 5.25 Å². The summed E-state index contributed by atoms with van der Waals surface area (Å²) in [5.41, 5.74) is -0.808. The zero-order valence-corrected chi connectivity index (χ0v) is 11.7. The van der Waals surface area contributed by atoms with E-state index in [-0.39, 0.29) is 5.75 Å². The van der Waals surface area contributed by atoms with Gasteiger partial charge in [-0.25, -0.2) is 8.42 Å². The van der Waals surface area contributed by atoms with Gasteiger partial charge in [0.15, 0.2) is 15.3 Å². The minimum absolute atomic E-state index is 0.0765. The molecule has 0 unspecified atom stereocenters. The highest BCUT2D eigenvalue weighted by molar-refractivity contribution is 7.92. The van der Waals surface area contributed by atoms with E-state index in [0.29, 0.717) is 10.6 Å². The van der Waals surface area contributed by atoms with Crippen molar-refractivity contribution >= 4 is 21.4 Å². The molecule has 0 aromatic heterocycles.